The first kappa shape index (κ1) is 25.5. The predicted octanol–water partition coefficient (Wildman–Crippen LogP) is 4.09. The summed E-state index contributed by atoms with van der Waals surface area (Å²) in [5, 5.41) is 1.77. The number of imidazole rings is 1. The van der Waals surface area contributed by atoms with Crippen LogP contribution in [-0.2, 0) is 6.18 Å². The van der Waals surface area contributed by atoms with E-state index in [1.807, 2.05) is 4.90 Å². The molecule has 2 fully saturated rings. The number of halogens is 3. The number of fused-ring (bicyclic) bond motifs is 1. The van der Waals surface area contributed by atoms with Crippen LogP contribution in [0, 0.1) is 6.92 Å². The Morgan fingerprint density at radius 1 is 0.949 bits per heavy atom. The van der Waals surface area contributed by atoms with Gasteiger partial charge in [0, 0.05) is 61.9 Å². The van der Waals surface area contributed by atoms with Crippen LogP contribution in [-0.4, -0.2) is 86.4 Å². The molecule has 0 spiro atoms. The van der Waals surface area contributed by atoms with Gasteiger partial charge < -0.3 is 9.80 Å². The van der Waals surface area contributed by atoms with Crippen LogP contribution in [0.25, 0.3) is 16.7 Å². The lowest BCUT2D eigenvalue weighted by atomic mass is 10.0. The van der Waals surface area contributed by atoms with Crippen LogP contribution in [0.1, 0.15) is 32.2 Å². The van der Waals surface area contributed by atoms with E-state index in [0.717, 1.165) is 30.7 Å². The average molecular weight is 555 g/mol. The van der Waals surface area contributed by atoms with Crippen LogP contribution in [0.2, 0.25) is 0 Å². The fraction of sp³-hybridized carbons (Fsp3) is 0.333. The fourth-order valence-electron chi connectivity index (χ4n) is 5.26. The van der Waals surface area contributed by atoms with Crippen LogP contribution in [0.4, 0.5) is 13.2 Å². The monoisotopic (exact) mass is 554 g/mol. The maximum atomic E-state index is 13.2. The van der Waals surface area contributed by atoms with E-state index in [1.165, 1.54) is 23.5 Å². The Hall–Kier alpha value is -3.77. The number of alkyl halides is 3. The number of carbonyl (C=O) groups is 2. The van der Waals surface area contributed by atoms with Crippen molar-refractivity contribution < 1.29 is 22.8 Å². The highest BCUT2D eigenvalue weighted by Crippen LogP contribution is 2.31. The lowest BCUT2D eigenvalue weighted by Gasteiger charge is -2.48. The number of nitrogens with zero attached hydrogens (tertiary/aromatic N) is 6. The lowest BCUT2D eigenvalue weighted by molar-refractivity contribution is -0.137. The molecule has 2 aliphatic rings. The summed E-state index contributed by atoms with van der Waals surface area (Å²) in [6.45, 7) is 5.82. The third-order valence-corrected chi connectivity index (χ3v) is 8.03. The third-order valence-electron chi connectivity index (χ3n) is 7.44. The van der Waals surface area contributed by atoms with Crippen molar-refractivity contribution >= 4 is 34.2 Å². The Morgan fingerprint density at radius 2 is 1.67 bits per heavy atom. The number of likely N-dealkylation sites (tertiary alicyclic amines) is 1. The molecular weight excluding hydrogens is 529 g/mol. The van der Waals surface area contributed by atoms with Gasteiger partial charge in [0.2, 0.25) is 0 Å². The summed E-state index contributed by atoms with van der Waals surface area (Å²) in [5.74, 6) is 0.505. The van der Waals surface area contributed by atoms with E-state index in [1.54, 1.807) is 45.5 Å². The highest BCUT2D eigenvalue weighted by Gasteiger charge is 2.37. The largest absolute Gasteiger partial charge is 0.416 e. The summed E-state index contributed by atoms with van der Waals surface area (Å²) in [5.41, 5.74) is 3.86. The topological polar surface area (TPSA) is 74.6 Å². The van der Waals surface area contributed by atoms with Crippen LogP contribution < -0.4 is 0 Å². The number of rotatable bonds is 4. The number of hydrogen-bond donors (Lipinski definition) is 0. The van der Waals surface area contributed by atoms with Crippen molar-refractivity contribution in [2.75, 3.05) is 39.3 Å². The number of thiazole rings is 1. The average Bonchev–Trinajstić information content (AvgIpc) is 3.54. The minimum absolute atomic E-state index is 0.0345. The number of piperazine rings is 1. The molecule has 0 N–H and O–H groups in total. The van der Waals surface area contributed by atoms with Crippen molar-refractivity contribution in [2.45, 2.75) is 19.1 Å². The first-order valence-electron chi connectivity index (χ1n) is 12.6. The van der Waals surface area contributed by atoms with Gasteiger partial charge in [-0.1, -0.05) is 0 Å². The van der Waals surface area contributed by atoms with E-state index in [2.05, 4.69) is 14.9 Å². The second kappa shape index (κ2) is 9.76. The van der Waals surface area contributed by atoms with Gasteiger partial charge in [-0.15, -0.1) is 11.3 Å². The molecule has 0 atom stereocenters. The quantitative estimate of drug-likeness (QED) is 0.380. The van der Waals surface area contributed by atoms with Crippen LogP contribution >= 0.6 is 11.3 Å². The molecule has 2 amide bonds. The van der Waals surface area contributed by atoms with Crippen LogP contribution in [0.3, 0.4) is 0 Å². The summed E-state index contributed by atoms with van der Waals surface area (Å²) in [7, 11) is 0. The van der Waals surface area contributed by atoms with Gasteiger partial charge in [0.15, 0.2) is 0 Å². The maximum absolute atomic E-state index is 13.2. The standard InChI is InChI=1S/C27H25F3N6O2S/c1-17-32-22-12-18(2-7-24(22)36(17)20-5-3-19(4-6-20)27(28,29)30)25(37)35-13-21(14-35)33-8-10-34(11-9-33)26(38)23-15-39-16-31-23/h2-7,12,15-16,21H,8-11,13-14H2,1H3. The maximum Gasteiger partial charge on any atom is 0.416 e. The molecule has 0 radical (unpaired) electrons. The van der Waals surface area contributed by atoms with Crippen molar-refractivity contribution in [3.05, 3.63) is 76.0 Å². The van der Waals surface area contributed by atoms with Gasteiger partial charge in [0.25, 0.3) is 11.8 Å². The van der Waals surface area contributed by atoms with Gasteiger partial charge in [-0.3, -0.25) is 19.1 Å². The van der Waals surface area contributed by atoms with E-state index in [9.17, 15) is 22.8 Å². The Labute approximate surface area is 226 Å². The lowest BCUT2D eigenvalue weighted by Crippen LogP contribution is -2.64. The van der Waals surface area contributed by atoms with Gasteiger partial charge in [-0.25, -0.2) is 9.97 Å². The second-order valence-electron chi connectivity index (χ2n) is 9.81. The highest BCUT2D eigenvalue weighted by molar-refractivity contribution is 7.07. The summed E-state index contributed by atoms with van der Waals surface area (Å²) >= 11 is 1.41. The zero-order chi connectivity index (χ0) is 27.3. The highest BCUT2D eigenvalue weighted by atomic mass is 32.1. The van der Waals surface area contributed by atoms with Crippen molar-refractivity contribution in [1.29, 1.82) is 0 Å². The minimum Gasteiger partial charge on any atom is -0.335 e. The summed E-state index contributed by atoms with van der Waals surface area (Å²) in [6.07, 6.45) is -4.40. The molecule has 202 valence electrons. The SMILES string of the molecule is Cc1nc2cc(C(=O)N3CC(N4CCN(C(=O)c5cscn5)CC4)C3)ccc2n1-c1ccc(C(F)(F)F)cc1. The number of hydrogen-bond acceptors (Lipinski definition) is 6. The number of aromatic nitrogens is 3. The normalized spacial score (nSPS) is 17.0. The molecule has 6 rings (SSSR count). The summed E-state index contributed by atoms with van der Waals surface area (Å²) in [6, 6.07) is 10.5. The molecule has 12 heteroatoms. The van der Waals surface area contributed by atoms with Crippen LogP contribution in [0.15, 0.2) is 53.4 Å². The van der Waals surface area contributed by atoms with Crippen LogP contribution in [0.5, 0.6) is 0 Å². The number of benzene rings is 2. The Balaban J connectivity index is 1.09. The number of carbonyl (C=O) groups excluding carboxylic acids is 2. The molecular formula is C27H25F3N6O2S. The van der Waals surface area contributed by atoms with Crippen molar-refractivity contribution in [3.8, 4) is 5.69 Å². The van der Waals surface area contributed by atoms with Gasteiger partial charge in [-0.05, 0) is 49.4 Å². The van der Waals surface area contributed by atoms with Gasteiger partial charge in [0.05, 0.1) is 22.1 Å². The molecule has 39 heavy (non-hydrogen) atoms. The molecule has 4 heterocycles. The number of amides is 2. The van der Waals surface area contributed by atoms with Gasteiger partial charge >= 0.3 is 6.18 Å². The Kier molecular flexibility index (Phi) is 6.38. The van der Waals surface area contributed by atoms with Crippen molar-refractivity contribution in [1.82, 2.24) is 29.2 Å². The van der Waals surface area contributed by atoms with E-state index < -0.39 is 11.7 Å². The molecule has 2 aromatic carbocycles. The minimum atomic E-state index is -4.40. The van der Waals surface area contributed by atoms with E-state index >= 15 is 0 Å². The van der Waals surface area contributed by atoms with Crippen molar-refractivity contribution in [3.63, 3.8) is 0 Å². The van der Waals surface area contributed by atoms with E-state index in [0.29, 0.717) is 54.5 Å². The zero-order valence-electron chi connectivity index (χ0n) is 21.1. The third kappa shape index (κ3) is 4.78. The molecule has 0 saturated carbocycles. The smallest absolute Gasteiger partial charge is 0.335 e. The molecule has 0 unspecified atom stereocenters. The first-order chi connectivity index (χ1) is 18.7. The Morgan fingerprint density at radius 3 is 2.31 bits per heavy atom. The van der Waals surface area contributed by atoms with Gasteiger partial charge in [0.1, 0.15) is 11.5 Å². The van der Waals surface area contributed by atoms with E-state index in [-0.39, 0.29) is 17.9 Å². The second-order valence-corrected chi connectivity index (χ2v) is 10.5. The number of aryl methyl sites for hydroxylation is 1. The Bertz CT molecular complexity index is 1520. The summed E-state index contributed by atoms with van der Waals surface area (Å²) < 4.78 is 40.7. The van der Waals surface area contributed by atoms with E-state index in [4.69, 9.17) is 0 Å². The molecule has 4 aromatic rings. The molecule has 2 aromatic heterocycles. The van der Waals surface area contributed by atoms with Crippen molar-refractivity contribution in [2.24, 2.45) is 0 Å². The first-order valence-corrected chi connectivity index (χ1v) is 13.5. The zero-order valence-corrected chi connectivity index (χ0v) is 21.9. The molecule has 2 saturated heterocycles. The molecule has 0 aliphatic carbocycles. The summed E-state index contributed by atoms with van der Waals surface area (Å²) in [4.78, 5) is 40.3. The predicted molar refractivity (Wildman–Crippen MR) is 140 cm³/mol. The van der Waals surface area contributed by atoms with Gasteiger partial charge in [-0.2, -0.15) is 13.2 Å². The molecule has 0 bridgehead atoms. The fourth-order valence-corrected chi connectivity index (χ4v) is 5.79. The molecule has 8 nitrogen and oxygen atoms in total. The molecule has 2 aliphatic heterocycles.